The van der Waals surface area contributed by atoms with Crippen molar-refractivity contribution in [2.45, 2.75) is 46.3 Å². The van der Waals surface area contributed by atoms with Crippen LogP contribution >= 0.6 is 0 Å². The van der Waals surface area contributed by atoms with Crippen molar-refractivity contribution in [2.24, 2.45) is 0 Å². The Balaban J connectivity index is 1.99. The van der Waals surface area contributed by atoms with E-state index in [2.05, 4.69) is 5.32 Å². The van der Waals surface area contributed by atoms with Gasteiger partial charge in [-0.3, -0.25) is 9.59 Å². The van der Waals surface area contributed by atoms with Gasteiger partial charge in [0.1, 0.15) is 5.60 Å². The van der Waals surface area contributed by atoms with Crippen LogP contribution in [0.15, 0.2) is 54.6 Å². The Labute approximate surface area is 171 Å². The maximum Gasteiger partial charge on any atom is 0.410 e. The van der Waals surface area contributed by atoms with Crippen LogP contribution in [0.1, 0.15) is 50.0 Å². The summed E-state index contributed by atoms with van der Waals surface area (Å²) in [5.74, 6) is -0.251. The second kappa shape index (κ2) is 9.87. The first-order valence-electron chi connectivity index (χ1n) is 9.57. The summed E-state index contributed by atoms with van der Waals surface area (Å²) in [4.78, 5) is 37.8. The van der Waals surface area contributed by atoms with Gasteiger partial charge in [-0.15, -0.1) is 0 Å². The van der Waals surface area contributed by atoms with Gasteiger partial charge in [0.15, 0.2) is 5.78 Å². The third-order valence-corrected chi connectivity index (χ3v) is 4.05. The highest BCUT2D eigenvalue weighted by molar-refractivity contribution is 5.95. The van der Waals surface area contributed by atoms with Gasteiger partial charge in [0.2, 0.25) is 5.91 Å². The molecule has 2 rings (SSSR count). The zero-order valence-electron chi connectivity index (χ0n) is 17.4. The van der Waals surface area contributed by atoms with Gasteiger partial charge in [-0.1, -0.05) is 30.3 Å². The highest BCUT2D eigenvalue weighted by atomic mass is 16.6. The van der Waals surface area contributed by atoms with Crippen LogP contribution < -0.4 is 5.32 Å². The van der Waals surface area contributed by atoms with Crippen LogP contribution in [0.3, 0.4) is 0 Å². The molecule has 29 heavy (non-hydrogen) atoms. The lowest BCUT2D eigenvalue weighted by Crippen LogP contribution is -2.38. The average molecular weight is 396 g/mol. The van der Waals surface area contributed by atoms with E-state index in [1.54, 1.807) is 24.3 Å². The first-order valence-corrected chi connectivity index (χ1v) is 9.57. The summed E-state index contributed by atoms with van der Waals surface area (Å²) >= 11 is 0. The molecule has 154 valence electrons. The number of hydrogen-bond donors (Lipinski definition) is 1. The van der Waals surface area contributed by atoms with E-state index in [0.29, 0.717) is 17.8 Å². The molecule has 2 aromatic carbocycles. The van der Waals surface area contributed by atoms with Gasteiger partial charge in [0, 0.05) is 30.8 Å². The molecule has 2 aromatic rings. The van der Waals surface area contributed by atoms with Crippen LogP contribution in [0, 0.1) is 0 Å². The second-order valence-corrected chi connectivity index (χ2v) is 7.82. The lowest BCUT2D eigenvalue weighted by Gasteiger charge is -2.27. The summed E-state index contributed by atoms with van der Waals surface area (Å²) in [7, 11) is 0. The third kappa shape index (κ3) is 7.78. The molecule has 0 unspecified atom stereocenters. The molecule has 0 aliphatic carbocycles. The third-order valence-electron chi connectivity index (χ3n) is 4.05. The molecule has 6 heteroatoms. The van der Waals surface area contributed by atoms with E-state index < -0.39 is 11.7 Å². The fraction of sp³-hybridized carbons (Fsp3) is 0.348. The molecule has 1 N–H and O–H groups in total. The number of carbonyl (C=O) groups excluding carboxylic acids is 3. The van der Waals surface area contributed by atoms with Crippen molar-refractivity contribution in [3.05, 3.63) is 65.7 Å². The monoisotopic (exact) mass is 396 g/mol. The second-order valence-electron chi connectivity index (χ2n) is 7.82. The van der Waals surface area contributed by atoms with Gasteiger partial charge in [0.05, 0.1) is 0 Å². The minimum atomic E-state index is -0.618. The normalized spacial score (nSPS) is 10.9. The molecule has 0 aliphatic rings. The topological polar surface area (TPSA) is 75.7 Å². The van der Waals surface area contributed by atoms with Crippen molar-refractivity contribution in [3.63, 3.8) is 0 Å². The molecule has 0 radical (unpaired) electrons. The van der Waals surface area contributed by atoms with Crippen LogP contribution in [0.4, 0.5) is 10.5 Å². The van der Waals surface area contributed by atoms with E-state index in [-0.39, 0.29) is 24.7 Å². The Hall–Kier alpha value is -3.15. The highest BCUT2D eigenvalue weighted by Crippen LogP contribution is 2.14. The molecule has 0 aromatic heterocycles. The van der Waals surface area contributed by atoms with E-state index in [9.17, 15) is 14.4 Å². The van der Waals surface area contributed by atoms with Gasteiger partial charge in [0.25, 0.3) is 0 Å². The summed E-state index contributed by atoms with van der Waals surface area (Å²) in [6.07, 6.45) is -0.333. The number of amides is 2. The number of Topliss-reactive ketones (excluding diaryl/α,β-unsaturated/α-hetero) is 1. The molecule has 0 aliphatic heterocycles. The average Bonchev–Trinajstić information content (AvgIpc) is 2.65. The van der Waals surface area contributed by atoms with Gasteiger partial charge in [-0.25, -0.2) is 4.79 Å². The quantitative estimate of drug-likeness (QED) is 0.691. The largest absolute Gasteiger partial charge is 0.444 e. The maximum absolute atomic E-state index is 12.6. The van der Waals surface area contributed by atoms with Crippen LogP contribution in [-0.2, 0) is 16.1 Å². The summed E-state index contributed by atoms with van der Waals surface area (Å²) in [6, 6.07) is 16.3. The maximum atomic E-state index is 12.6. The fourth-order valence-corrected chi connectivity index (χ4v) is 2.61. The number of anilines is 1. The van der Waals surface area contributed by atoms with Gasteiger partial charge in [-0.2, -0.15) is 0 Å². The Kier molecular flexibility index (Phi) is 7.53. The number of hydrogen-bond acceptors (Lipinski definition) is 4. The summed E-state index contributed by atoms with van der Waals surface area (Å²) in [5.41, 5.74) is 1.53. The molecular formula is C23H28N2O4. The lowest BCUT2D eigenvalue weighted by atomic mass is 10.1. The van der Waals surface area contributed by atoms with E-state index >= 15 is 0 Å². The van der Waals surface area contributed by atoms with Gasteiger partial charge >= 0.3 is 6.09 Å². The van der Waals surface area contributed by atoms with Crippen molar-refractivity contribution in [2.75, 3.05) is 11.9 Å². The summed E-state index contributed by atoms with van der Waals surface area (Å²) in [6.45, 7) is 7.50. The predicted molar refractivity (Wildman–Crippen MR) is 113 cm³/mol. The van der Waals surface area contributed by atoms with Crippen molar-refractivity contribution >= 4 is 23.5 Å². The van der Waals surface area contributed by atoms with E-state index in [0.717, 1.165) is 5.56 Å². The van der Waals surface area contributed by atoms with Crippen LogP contribution in [0.5, 0.6) is 0 Å². The van der Waals surface area contributed by atoms with Gasteiger partial charge in [-0.05, 0) is 57.5 Å². The lowest BCUT2D eigenvalue weighted by molar-refractivity contribution is -0.116. The highest BCUT2D eigenvalue weighted by Gasteiger charge is 2.23. The number of benzene rings is 2. The molecule has 0 atom stereocenters. The number of ether oxygens (including phenoxy) is 1. The molecule has 2 amide bonds. The Morgan fingerprint density at radius 2 is 1.59 bits per heavy atom. The zero-order valence-corrected chi connectivity index (χ0v) is 17.4. The van der Waals surface area contributed by atoms with Crippen molar-refractivity contribution in [3.8, 4) is 0 Å². The minimum absolute atomic E-state index is 0.0307. The molecule has 6 nitrogen and oxygen atoms in total. The Bertz CT molecular complexity index is 839. The molecule has 0 heterocycles. The first-order chi connectivity index (χ1) is 13.6. The Morgan fingerprint density at radius 3 is 2.14 bits per heavy atom. The smallest absolute Gasteiger partial charge is 0.410 e. The first kappa shape index (κ1) is 22.1. The summed E-state index contributed by atoms with van der Waals surface area (Å²) in [5, 5.41) is 2.79. The molecule has 0 saturated carbocycles. The molecular weight excluding hydrogens is 368 g/mol. The van der Waals surface area contributed by atoms with Gasteiger partial charge < -0.3 is 15.0 Å². The number of nitrogens with one attached hydrogen (secondary N) is 1. The van der Waals surface area contributed by atoms with Crippen molar-refractivity contribution in [1.29, 1.82) is 0 Å². The number of ketones is 1. The van der Waals surface area contributed by atoms with Crippen LogP contribution in [-0.4, -0.2) is 34.8 Å². The number of rotatable bonds is 7. The predicted octanol–water partition coefficient (Wildman–Crippen LogP) is 4.66. The van der Waals surface area contributed by atoms with E-state index in [1.165, 1.54) is 11.8 Å². The van der Waals surface area contributed by atoms with E-state index in [1.807, 2.05) is 51.1 Å². The van der Waals surface area contributed by atoms with E-state index in [4.69, 9.17) is 4.74 Å². The van der Waals surface area contributed by atoms with Crippen molar-refractivity contribution in [1.82, 2.24) is 4.90 Å². The molecule has 0 spiro atoms. The minimum Gasteiger partial charge on any atom is -0.444 e. The zero-order chi connectivity index (χ0) is 21.4. The Morgan fingerprint density at radius 1 is 0.966 bits per heavy atom. The number of nitrogens with zero attached hydrogens (tertiary/aromatic N) is 1. The number of carbonyl (C=O) groups is 3. The summed E-state index contributed by atoms with van der Waals surface area (Å²) < 4.78 is 5.48. The van der Waals surface area contributed by atoms with Crippen LogP contribution in [0.2, 0.25) is 0 Å². The molecule has 0 saturated heterocycles. The van der Waals surface area contributed by atoms with Crippen molar-refractivity contribution < 1.29 is 19.1 Å². The fourth-order valence-electron chi connectivity index (χ4n) is 2.61. The SMILES string of the molecule is CC(=O)c1ccc(NC(=O)CCN(Cc2ccccc2)C(=O)OC(C)(C)C)cc1. The molecule has 0 fully saturated rings. The van der Waals surface area contributed by atoms with Crippen LogP contribution in [0.25, 0.3) is 0 Å². The standard InChI is InChI=1S/C23H28N2O4/c1-17(26)19-10-12-20(13-11-19)24-21(27)14-15-25(22(28)29-23(2,3)4)16-18-8-6-5-7-9-18/h5-13H,14-16H2,1-4H3,(H,24,27). The molecule has 0 bridgehead atoms.